The quantitative estimate of drug-likeness (QED) is 0.825. The van der Waals surface area contributed by atoms with Crippen LogP contribution in [0, 0.1) is 5.82 Å². The van der Waals surface area contributed by atoms with Crippen molar-refractivity contribution in [3.05, 3.63) is 29.6 Å². The summed E-state index contributed by atoms with van der Waals surface area (Å²) in [6.45, 7) is 1.74. The van der Waals surface area contributed by atoms with E-state index in [4.69, 9.17) is 0 Å². The van der Waals surface area contributed by atoms with Crippen LogP contribution in [0.1, 0.15) is 18.9 Å². The Bertz CT molecular complexity index is 323. The van der Waals surface area contributed by atoms with Crippen LogP contribution in [0.5, 0.6) is 0 Å². The molecule has 0 unspecified atom stereocenters. The summed E-state index contributed by atoms with van der Waals surface area (Å²) < 4.78 is 13.1. The van der Waals surface area contributed by atoms with Gasteiger partial charge in [-0.1, -0.05) is 0 Å². The number of aryl methyl sites for hydroxylation is 1. The number of halogens is 1. The lowest BCUT2D eigenvalue weighted by Gasteiger charge is -2.17. The van der Waals surface area contributed by atoms with Gasteiger partial charge in [0.1, 0.15) is 5.82 Å². The van der Waals surface area contributed by atoms with Gasteiger partial charge in [0.05, 0.1) is 6.10 Å². The molecule has 0 aliphatic rings. The minimum absolute atomic E-state index is 0.221. The maximum absolute atomic E-state index is 13.1. The second-order valence-electron chi connectivity index (χ2n) is 4.06. The van der Waals surface area contributed by atoms with Gasteiger partial charge in [0, 0.05) is 19.8 Å². The molecule has 0 bridgehead atoms. The van der Waals surface area contributed by atoms with E-state index in [-0.39, 0.29) is 11.9 Å². The molecule has 1 aromatic rings. The predicted molar refractivity (Wildman–Crippen MR) is 60.7 cm³/mol. The number of aliphatic hydroxyl groups is 1. The Labute approximate surface area is 90.3 Å². The SMILES string of the molecule is C[C@H](O)CCc1cc(F)ccc1N(C)C. The number of hydrogen-bond acceptors (Lipinski definition) is 2. The number of nitrogens with zero attached hydrogens (tertiary/aromatic N) is 1. The summed E-state index contributed by atoms with van der Waals surface area (Å²) >= 11 is 0. The second-order valence-corrected chi connectivity index (χ2v) is 4.06. The van der Waals surface area contributed by atoms with Crippen molar-refractivity contribution < 1.29 is 9.50 Å². The van der Waals surface area contributed by atoms with E-state index in [2.05, 4.69) is 0 Å². The van der Waals surface area contributed by atoms with Crippen LogP contribution in [0.25, 0.3) is 0 Å². The predicted octanol–water partition coefficient (Wildman–Crippen LogP) is 2.21. The molecule has 0 saturated heterocycles. The van der Waals surface area contributed by atoms with E-state index >= 15 is 0 Å². The van der Waals surface area contributed by atoms with Gasteiger partial charge >= 0.3 is 0 Å². The van der Waals surface area contributed by atoms with E-state index in [0.717, 1.165) is 11.3 Å². The highest BCUT2D eigenvalue weighted by atomic mass is 19.1. The van der Waals surface area contributed by atoms with E-state index in [1.165, 1.54) is 12.1 Å². The van der Waals surface area contributed by atoms with Crippen molar-refractivity contribution in [1.29, 1.82) is 0 Å². The highest BCUT2D eigenvalue weighted by Crippen LogP contribution is 2.21. The Hall–Kier alpha value is -1.09. The molecule has 84 valence electrons. The zero-order chi connectivity index (χ0) is 11.4. The molecule has 1 rings (SSSR count). The molecule has 0 radical (unpaired) electrons. The minimum Gasteiger partial charge on any atom is -0.393 e. The van der Waals surface area contributed by atoms with Gasteiger partial charge in [0.15, 0.2) is 0 Å². The smallest absolute Gasteiger partial charge is 0.123 e. The number of rotatable bonds is 4. The molecule has 0 aliphatic heterocycles. The van der Waals surface area contributed by atoms with Crippen LogP contribution >= 0.6 is 0 Å². The van der Waals surface area contributed by atoms with Crippen LogP contribution in [0.4, 0.5) is 10.1 Å². The topological polar surface area (TPSA) is 23.5 Å². The third kappa shape index (κ3) is 3.51. The zero-order valence-corrected chi connectivity index (χ0v) is 9.50. The number of anilines is 1. The Morgan fingerprint density at radius 3 is 2.60 bits per heavy atom. The standard InChI is InChI=1S/C12H18FNO/c1-9(15)4-5-10-8-11(13)6-7-12(10)14(2)3/h6-9,15H,4-5H2,1-3H3/t9-/m0/s1. The molecule has 1 N–H and O–H groups in total. The summed E-state index contributed by atoms with van der Waals surface area (Å²) in [4.78, 5) is 1.96. The Morgan fingerprint density at radius 2 is 2.07 bits per heavy atom. The van der Waals surface area contributed by atoms with E-state index in [1.807, 2.05) is 19.0 Å². The van der Waals surface area contributed by atoms with Crippen molar-refractivity contribution in [2.75, 3.05) is 19.0 Å². The molecule has 2 nitrogen and oxygen atoms in total. The number of hydrogen-bond donors (Lipinski definition) is 1. The van der Waals surface area contributed by atoms with Gasteiger partial charge in [0.25, 0.3) is 0 Å². The lowest BCUT2D eigenvalue weighted by atomic mass is 10.0. The first-order valence-corrected chi connectivity index (χ1v) is 5.14. The molecule has 1 aromatic carbocycles. The average molecular weight is 211 g/mol. The van der Waals surface area contributed by atoms with Crippen LogP contribution in [-0.4, -0.2) is 25.3 Å². The normalized spacial score (nSPS) is 12.6. The monoisotopic (exact) mass is 211 g/mol. The van der Waals surface area contributed by atoms with E-state index in [9.17, 15) is 9.50 Å². The van der Waals surface area contributed by atoms with Crippen molar-refractivity contribution in [1.82, 2.24) is 0 Å². The Kier molecular flexibility index (Phi) is 4.09. The fraction of sp³-hybridized carbons (Fsp3) is 0.500. The first-order valence-electron chi connectivity index (χ1n) is 5.14. The van der Waals surface area contributed by atoms with Crippen molar-refractivity contribution in [2.45, 2.75) is 25.9 Å². The van der Waals surface area contributed by atoms with Crippen molar-refractivity contribution in [3.63, 3.8) is 0 Å². The highest BCUT2D eigenvalue weighted by Gasteiger charge is 2.07. The Morgan fingerprint density at radius 1 is 1.40 bits per heavy atom. The molecule has 0 amide bonds. The summed E-state index contributed by atoms with van der Waals surface area (Å²) in [6, 6.07) is 4.77. The fourth-order valence-corrected chi connectivity index (χ4v) is 1.55. The van der Waals surface area contributed by atoms with E-state index in [1.54, 1.807) is 13.0 Å². The molecule has 0 heterocycles. The van der Waals surface area contributed by atoms with Crippen molar-refractivity contribution in [3.8, 4) is 0 Å². The van der Waals surface area contributed by atoms with E-state index in [0.29, 0.717) is 12.8 Å². The van der Waals surface area contributed by atoms with Gasteiger partial charge in [-0.25, -0.2) is 4.39 Å². The van der Waals surface area contributed by atoms with Gasteiger partial charge in [-0.05, 0) is 43.5 Å². The maximum atomic E-state index is 13.1. The van der Waals surface area contributed by atoms with Crippen LogP contribution < -0.4 is 4.90 Å². The van der Waals surface area contributed by atoms with Gasteiger partial charge in [-0.3, -0.25) is 0 Å². The van der Waals surface area contributed by atoms with Crippen LogP contribution in [0.3, 0.4) is 0 Å². The van der Waals surface area contributed by atoms with Gasteiger partial charge in [0.2, 0.25) is 0 Å². The molecule has 1 atom stereocenters. The molecule has 15 heavy (non-hydrogen) atoms. The third-order valence-corrected chi connectivity index (χ3v) is 2.35. The second kappa shape index (κ2) is 5.12. The molecular weight excluding hydrogens is 193 g/mol. The Balaban J connectivity index is 2.87. The molecule has 0 saturated carbocycles. The van der Waals surface area contributed by atoms with Crippen molar-refractivity contribution >= 4 is 5.69 Å². The van der Waals surface area contributed by atoms with Gasteiger partial charge in [-0.2, -0.15) is 0 Å². The fourth-order valence-electron chi connectivity index (χ4n) is 1.55. The van der Waals surface area contributed by atoms with Gasteiger partial charge in [-0.15, -0.1) is 0 Å². The molecule has 0 spiro atoms. The number of aliphatic hydroxyl groups excluding tert-OH is 1. The van der Waals surface area contributed by atoms with Gasteiger partial charge < -0.3 is 10.0 Å². The maximum Gasteiger partial charge on any atom is 0.123 e. The third-order valence-electron chi connectivity index (χ3n) is 2.35. The molecule has 3 heteroatoms. The molecule has 0 aliphatic carbocycles. The first-order chi connectivity index (χ1) is 7.00. The average Bonchev–Trinajstić information content (AvgIpc) is 2.14. The van der Waals surface area contributed by atoms with Crippen molar-refractivity contribution in [2.24, 2.45) is 0 Å². The molecule has 0 aromatic heterocycles. The van der Waals surface area contributed by atoms with Crippen LogP contribution in [0.2, 0.25) is 0 Å². The highest BCUT2D eigenvalue weighted by molar-refractivity contribution is 5.52. The molecule has 0 fully saturated rings. The lowest BCUT2D eigenvalue weighted by molar-refractivity contribution is 0.185. The summed E-state index contributed by atoms with van der Waals surface area (Å²) in [5.74, 6) is -0.221. The first kappa shape index (κ1) is 12.0. The zero-order valence-electron chi connectivity index (χ0n) is 9.50. The van der Waals surface area contributed by atoms with Crippen LogP contribution in [0.15, 0.2) is 18.2 Å². The summed E-state index contributed by atoms with van der Waals surface area (Å²) in [7, 11) is 3.86. The summed E-state index contributed by atoms with van der Waals surface area (Å²) in [5, 5.41) is 9.21. The largest absolute Gasteiger partial charge is 0.393 e. The van der Waals surface area contributed by atoms with E-state index < -0.39 is 0 Å². The minimum atomic E-state index is -0.344. The molecular formula is C12H18FNO. The summed E-state index contributed by atoms with van der Waals surface area (Å²) in [5.41, 5.74) is 1.96. The van der Waals surface area contributed by atoms with Crippen LogP contribution in [-0.2, 0) is 6.42 Å². The summed E-state index contributed by atoms with van der Waals surface area (Å²) in [6.07, 6.45) is 1.01. The lowest BCUT2D eigenvalue weighted by Crippen LogP contribution is -2.12. The number of benzene rings is 1.